The summed E-state index contributed by atoms with van der Waals surface area (Å²) in [6, 6.07) is 15.7. The molecule has 0 atom stereocenters. The standard InChI is InChI=1S/C23H21F3N2O2/c1-2-27-18-13-28(14-18)22(29)16-6-11-20-15(12-16)4-3-5-21(20)30-19-9-7-17(8-10-19)23(24,25)26/h3-12,18,27H,2,13-14H2,1H3. The molecule has 0 spiro atoms. The molecule has 0 aromatic heterocycles. The van der Waals surface area contributed by atoms with Gasteiger partial charge in [-0.3, -0.25) is 4.79 Å². The van der Waals surface area contributed by atoms with Crippen LogP contribution in [0.5, 0.6) is 11.5 Å². The minimum atomic E-state index is -4.38. The van der Waals surface area contributed by atoms with Crippen LogP contribution in [-0.4, -0.2) is 36.5 Å². The van der Waals surface area contributed by atoms with Crippen LogP contribution in [0, 0.1) is 0 Å². The molecule has 0 unspecified atom stereocenters. The molecule has 1 N–H and O–H groups in total. The number of fused-ring (bicyclic) bond motifs is 1. The zero-order valence-corrected chi connectivity index (χ0v) is 16.4. The highest BCUT2D eigenvalue weighted by Gasteiger charge is 2.31. The third-order valence-corrected chi connectivity index (χ3v) is 5.16. The summed E-state index contributed by atoms with van der Waals surface area (Å²) < 4.78 is 44.0. The molecule has 3 aromatic carbocycles. The zero-order valence-electron chi connectivity index (χ0n) is 16.4. The first kappa shape index (κ1) is 20.2. The molecule has 1 aliphatic rings. The quantitative estimate of drug-likeness (QED) is 0.633. The Morgan fingerprint density at radius 1 is 1.10 bits per heavy atom. The summed E-state index contributed by atoms with van der Waals surface area (Å²) in [6.45, 7) is 4.31. The largest absolute Gasteiger partial charge is 0.457 e. The summed E-state index contributed by atoms with van der Waals surface area (Å²) in [4.78, 5) is 14.5. The van der Waals surface area contributed by atoms with E-state index in [1.54, 1.807) is 23.1 Å². The van der Waals surface area contributed by atoms with Gasteiger partial charge in [0.05, 0.1) is 5.56 Å². The van der Waals surface area contributed by atoms with Crippen LogP contribution in [0.1, 0.15) is 22.8 Å². The average molecular weight is 414 g/mol. The van der Waals surface area contributed by atoms with Gasteiger partial charge in [0.1, 0.15) is 11.5 Å². The van der Waals surface area contributed by atoms with Crippen LogP contribution in [0.3, 0.4) is 0 Å². The molecule has 4 nitrogen and oxygen atoms in total. The van der Waals surface area contributed by atoms with Gasteiger partial charge in [-0.05, 0) is 60.5 Å². The number of nitrogens with one attached hydrogen (secondary N) is 1. The number of rotatable bonds is 5. The highest BCUT2D eigenvalue weighted by Crippen LogP contribution is 2.34. The molecule has 0 saturated carbocycles. The second-order valence-corrected chi connectivity index (χ2v) is 7.28. The van der Waals surface area contributed by atoms with E-state index < -0.39 is 11.7 Å². The van der Waals surface area contributed by atoms with Crippen LogP contribution in [0.2, 0.25) is 0 Å². The lowest BCUT2D eigenvalue weighted by Crippen LogP contribution is -2.59. The monoisotopic (exact) mass is 414 g/mol. The number of ether oxygens (including phenoxy) is 1. The molecule has 1 amide bonds. The lowest BCUT2D eigenvalue weighted by atomic mass is 10.0. The number of hydrogen-bond acceptors (Lipinski definition) is 3. The number of carbonyl (C=O) groups excluding carboxylic acids is 1. The van der Waals surface area contributed by atoms with Crippen molar-refractivity contribution in [1.29, 1.82) is 0 Å². The number of hydrogen-bond donors (Lipinski definition) is 1. The van der Waals surface area contributed by atoms with E-state index in [1.165, 1.54) is 12.1 Å². The van der Waals surface area contributed by atoms with Crippen molar-refractivity contribution in [2.45, 2.75) is 19.1 Å². The van der Waals surface area contributed by atoms with Gasteiger partial charge in [0, 0.05) is 30.1 Å². The smallest absolute Gasteiger partial charge is 0.416 e. The van der Waals surface area contributed by atoms with Crippen LogP contribution in [0.15, 0.2) is 60.7 Å². The average Bonchev–Trinajstić information content (AvgIpc) is 2.69. The Hall–Kier alpha value is -3.06. The Morgan fingerprint density at radius 3 is 2.50 bits per heavy atom. The number of nitrogens with zero attached hydrogens (tertiary/aromatic N) is 1. The van der Waals surface area contributed by atoms with E-state index in [9.17, 15) is 18.0 Å². The van der Waals surface area contributed by atoms with Gasteiger partial charge >= 0.3 is 6.18 Å². The number of likely N-dealkylation sites (N-methyl/N-ethyl adjacent to an activating group) is 1. The minimum Gasteiger partial charge on any atom is -0.457 e. The van der Waals surface area contributed by atoms with E-state index in [0.717, 1.165) is 29.4 Å². The number of halogens is 3. The maximum Gasteiger partial charge on any atom is 0.416 e. The fourth-order valence-corrected chi connectivity index (χ4v) is 3.56. The summed E-state index contributed by atoms with van der Waals surface area (Å²) in [5.41, 5.74) is -0.123. The third kappa shape index (κ3) is 4.11. The minimum absolute atomic E-state index is 0.0138. The third-order valence-electron chi connectivity index (χ3n) is 5.16. The van der Waals surface area contributed by atoms with Crippen molar-refractivity contribution in [3.05, 3.63) is 71.8 Å². The van der Waals surface area contributed by atoms with Gasteiger partial charge in [0.15, 0.2) is 0 Å². The van der Waals surface area contributed by atoms with E-state index in [1.807, 2.05) is 25.1 Å². The fourth-order valence-electron chi connectivity index (χ4n) is 3.56. The molecule has 4 rings (SSSR count). The van der Waals surface area contributed by atoms with E-state index in [2.05, 4.69) is 5.32 Å². The highest BCUT2D eigenvalue weighted by atomic mass is 19.4. The lowest BCUT2D eigenvalue weighted by molar-refractivity contribution is -0.137. The van der Waals surface area contributed by atoms with Gasteiger partial charge in [0.2, 0.25) is 0 Å². The fraction of sp³-hybridized carbons (Fsp3) is 0.261. The molecule has 30 heavy (non-hydrogen) atoms. The van der Waals surface area contributed by atoms with Gasteiger partial charge in [-0.15, -0.1) is 0 Å². The Labute approximate surface area is 172 Å². The van der Waals surface area contributed by atoms with Crippen LogP contribution >= 0.6 is 0 Å². The molecule has 7 heteroatoms. The zero-order chi connectivity index (χ0) is 21.3. The Balaban J connectivity index is 1.52. The van der Waals surface area contributed by atoms with Crippen molar-refractivity contribution in [3.63, 3.8) is 0 Å². The molecule has 156 valence electrons. The molecule has 1 heterocycles. The molecule has 1 aliphatic heterocycles. The lowest BCUT2D eigenvalue weighted by Gasteiger charge is -2.39. The van der Waals surface area contributed by atoms with Gasteiger partial charge in [-0.2, -0.15) is 13.2 Å². The van der Waals surface area contributed by atoms with E-state index in [-0.39, 0.29) is 5.91 Å². The molecular weight excluding hydrogens is 393 g/mol. The number of likely N-dealkylation sites (tertiary alicyclic amines) is 1. The number of carbonyl (C=O) groups is 1. The Bertz CT molecular complexity index is 1060. The summed E-state index contributed by atoms with van der Waals surface area (Å²) in [6.07, 6.45) is -4.38. The highest BCUT2D eigenvalue weighted by molar-refractivity contribution is 6.00. The molecular formula is C23H21F3N2O2. The Kier molecular flexibility index (Phi) is 5.39. The van der Waals surface area contributed by atoms with Crippen molar-refractivity contribution in [1.82, 2.24) is 10.2 Å². The van der Waals surface area contributed by atoms with Crippen LogP contribution in [0.4, 0.5) is 13.2 Å². The molecule has 3 aromatic rings. The number of alkyl halides is 3. The Morgan fingerprint density at radius 2 is 1.83 bits per heavy atom. The van der Waals surface area contributed by atoms with Crippen LogP contribution in [-0.2, 0) is 6.18 Å². The number of benzene rings is 3. The maximum atomic E-state index is 12.7. The molecule has 1 fully saturated rings. The van der Waals surface area contributed by atoms with Crippen molar-refractivity contribution in [3.8, 4) is 11.5 Å². The van der Waals surface area contributed by atoms with Gasteiger partial charge < -0.3 is 15.0 Å². The van der Waals surface area contributed by atoms with E-state index in [0.29, 0.717) is 36.2 Å². The van der Waals surface area contributed by atoms with Gasteiger partial charge in [-0.25, -0.2) is 0 Å². The molecule has 0 radical (unpaired) electrons. The first-order valence-corrected chi connectivity index (χ1v) is 9.75. The van der Waals surface area contributed by atoms with Crippen molar-refractivity contribution in [2.75, 3.05) is 19.6 Å². The molecule has 1 saturated heterocycles. The predicted molar refractivity (Wildman–Crippen MR) is 109 cm³/mol. The van der Waals surface area contributed by atoms with E-state index >= 15 is 0 Å². The molecule has 0 bridgehead atoms. The second kappa shape index (κ2) is 7.99. The summed E-state index contributed by atoms with van der Waals surface area (Å²) in [7, 11) is 0. The molecule has 0 aliphatic carbocycles. The topological polar surface area (TPSA) is 41.6 Å². The van der Waals surface area contributed by atoms with Crippen molar-refractivity contribution < 1.29 is 22.7 Å². The van der Waals surface area contributed by atoms with Crippen LogP contribution < -0.4 is 10.1 Å². The first-order chi connectivity index (χ1) is 14.3. The predicted octanol–water partition coefficient (Wildman–Crippen LogP) is 5.08. The summed E-state index contributed by atoms with van der Waals surface area (Å²) in [5, 5.41) is 4.93. The van der Waals surface area contributed by atoms with Gasteiger partial charge in [0.25, 0.3) is 5.91 Å². The van der Waals surface area contributed by atoms with Crippen LogP contribution in [0.25, 0.3) is 10.8 Å². The second-order valence-electron chi connectivity index (χ2n) is 7.28. The van der Waals surface area contributed by atoms with Crippen molar-refractivity contribution in [2.24, 2.45) is 0 Å². The SMILES string of the molecule is CCNC1CN(C(=O)c2ccc3c(Oc4ccc(C(F)(F)F)cc4)cccc3c2)C1. The first-order valence-electron chi connectivity index (χ1n) is 9.75. The maximum absolute atomic E-state index is 12.7. The van der Waals surface area contributed by atoms with Gasteiger partial charge in [-0.1, -0.05) is 19.1 Å². The number of amides is 1. The summed E-state index contributed by atoms with van der Waals surface area (Å²) in [5.74, 6) is 0.813. The van der Waals surface area contributed by atoms with Crippen molar-refractivity contribution >= 4 is 16.7 Å². The summed E-state index contributed by atoms with van der Waals surface area (Å²) >= 11 is 0. The van der Waals surface area contributed by atoms with E-state index in [4.69, 9.17) is 4.74 Å². The normalized spacial score (nSPS) is 14.6.